The van der Waals surface area contributed by atoms with Gasteiger partial charge < -0.3 is 9.64 Å². The maximum absolute atomic E-state index is 12.4. The van der Waals surface area contributed by atoms with Crippen LogP contribution < -0.4 is 4.74 Å². The lowest BCUT2D eigenvalue weighted by Crippen LogP contribution is -2.40. The highest BCUT2D eigenvalue weighted by molar-refractivity contribution is 7.18. The zero-order chi connectivity index (χ0) is 17.9. The molecule has 0 saturated carbocycles. The molecule has 4 nitrogen and oxygen atoms in total. The largest absolute Gasteiger partial charge is 0.484 e. The number of carbonyl (C=O) groups excluding carboxylic acids is 1. The Kier molecular flexibility index (Phi) is 5.09. The molecule has 0 N–H and O–H groups in total. The average molecular weight is 387 g/mol. The second-order valence-corrected chi connectivity index (χ2v) is 7.92. The van der Waals surface area contributed by atoms with Gasteiger partial charge in [0, 0.05) is 24.0 Å². The lowest BCUT2D eigenvalue weighted by molar-refractivity contribution is -0.134. The maximum atomic E-state index is 12.4. The highest BCUT2D eigenvalue weighted by Gasteiger charge is 2.26. The van der Waals surface area contributed by atoms with E-state index >= 15 is 0 Å². The molecule has 0 bridgehead atoms. The fourth-order valence-electron chi connectivity index (χ4n) is 3.21. The van der Waals surface area contributed by atoms with Crippen LogP contribution in [-0.2, 0) is 4.79 Å². The van der Waals surface area contributed by atoms with E-state index < -0.39 is 0 Å². The van der Waals surface area contributed by atoms with Gasteiger partial charge in [-0.2, -0.15) is 0 Å². The van der Waals surface area contributed by atoms with Gasteiger partial charge in [0.15, 0.2) is 6.61 Å². The number of fused-ring (bicyclic) bond motifs is 1. The number of hydrogen-bond donors (Lipinski definition) is 0. The van der Waals surface area contributed by atoms with Crippen molar-refractivity contribution in [2.45, 2.75) is 18.8 Å². The number of piperidine rings is 1. The summed E-state index contributed by atoms with van der Waals surface area (Å²) in [5, 5.41) is 1.84. The van der Waals surface area contributed by atoms with Gasteiger partial charge in [0.2, 0.25) is 0 Å². The predicted molar refractivity (Wildman–Crippen MR) is 105 cm³/mol. The first kappa shape index (κ1) is 17.3. The van der Waals surface area contributed by atoms with E-state index in [0.717, 1.165) is 31.4 Å². The molecular formula is C20H19ClN2O2S. The Hall–Kier alpha value is -2.11. The summed E-state index contributed by atoms with van der Waals surface area (Å²) in [6.45, 7) is 1.57. The number of aromatic nitrogens is 1. The summed E-state index contributed by atoms with van der Waals surface area (Å²) in [7, 11) is 0. The Labute approximate surface area is 161 Å². The minimum Gasteiger partial charge on any atom is -0.484 e. The van der Waals surface area contributed by atoms with Crippen molar-refractivity contribution in [2.75, 3.05) is 19.7 Å². The topological polar surface area (TPSA) is 42.4 Å². The van der Waals surface area contributed by atoms with Crippen molar-refractivity contribution >= 4 is 39.1 Å². The van der Waals surface area contributed by atoms with Crippen LogP contribution in [0, 0.1) is 0 Å². The number of rotatable bonds is 4. The predicted octanol–water partition coefficient (Wildman–Crippen LogP) is 4.73. The van der Waals surface area contributed by atoms with E-state index in [4.69, 9.17) is 21.3 Å². The molecule has 4 rings (SSSR count). The van der Waals surface area contributed by atoms with Crippen LogP contribution in [0.2, 0.25) is 5.02 Å². The lowest BCUT2D eigenvalue weighted by Gasteiger charge is -2.31. The van der Waals surface area contributed by atoms with Crippen LogP contribution >= 0.6 is 22.9 Å². The van der Waals surface area contributed by atoms with Gasteiger partial charge in [0.1, 0.15) is 5.75 Å². The summed E-state index contributed by atoms with van der Waals surface area (Å²) in [4.78, 5) is 19.0. The number of thiazole rings is 1. The third-order valence-corrected chi connectivity index (χ3v) is 6.13. The molecule has 6 heteroatoms. The Bertz CT molecular complexity index is 869. The molecule has 26 heavy (non-hydrogen) atoms. The lowest BCUT2D eigenvalue weighted by atomic mass is 9.97. The van der Waals surface area contributed by atoms with Gasteiger partial charge in [-0.3, -0.25) is 4.79 Å². The molecule has 1 fully saturated rings. The molecule has 1 saturated heterocycles. The summed E-state index contributed by atoms with van der Waals surface area (Å²) in [6.07, 6.45) is 1.90. The Morgan fingerprint density at radius 2 is 1.88 bits per heavy atom. The quantitative estimate of drug-likeness (QED) is 0.650. The molecule has 2 heterocycles. The van der Waals surface area contributed by atoms with Crippen molar-refractivity contribution in [1.29, 1.82) is 0 Å². The fraction of sp³-hybridized carbons (Fsp3) is 0.300. The van der Waals surface area contributed by atoms with Gasteiger partial charge in [0.05, 0.1) is 15.2 Å². The van der Waals surface area contributed by atoms with Crippen LogP contribution in [0.15, 0.2) is 48.5 Å². The number of likely N-dealkylation sites (tertiary alicyclic amines) is 1. The molecule has 134 valence electrons. The van der Waals surface area contributed by atoms with E-state index in [1.165, 1.54) is 9.71 Å². The van der Waals surface area contributed by atoms with E-state index in [2.05, 4.69) is 12.1 Å². The van der Waals surface area contributed by atoms with Crippen molar-refractivity contribution in [3.63, 3.8) is 0 Å². The fourth-order valence-corrected chi connectivity index (χ4v) is 4.47. The standard InChI is InChI=1S/C20H19ClN2O2S/c21-15-5-7-16(8-6-15)25-13-19(24)23-11-9-14(10-12-23)20-22-17-3-1-2-4-18(17)26-20/h1-8,14H,9-13H2. The van der Waals surface area contributed by atoms with Gasteiger partial charge in [-0.15, -0.1) is 11.3 Å². The monoisotopic (exact) mass is 386 g/mol. The highest BCUT2D eigenvalue weighted by atomic mass is 35.5. The van der Waals surface area contributed by atoms with Crippen LogP contribution in [0.3, 0.4) is 0 Å². The van der Waals surface area contributed by atoms with E-state index in [1.54, 1.807) is 35.6 Å². The number of halogens is 1. The molecule has 2 aromatic carbocycles. The number of para-hydroxylation sites is 1. The third kappa shape index (κ3) is 3.84. The molecule has 3 aromatic rings. The molecule has 0 atom stereocenters. The van der Waals surface area contributed by atoms with E-state index in [1.807, 2.05) is 17.0 Å². The number of hydrogen-bond acceptors (Lipinski definition) is 4. The van der Waals surface area contributed by atoms with Crippen molar-refractivity contribution in [3.8, 4) is 5.75 Å². The molecular weight excluding hydrogens is 368 g/mol. The Morgan fingerprint density at radius 1 is 1.15 bits per heavy atom. The van der Waals surface area contributed by atoms with Gasteiger partial charge in [-0.25, -0.2) is 4.98 Å². The SMILES string of the molecule is O=C(COc1ccc(Cl)cc1)N1CCC(c2nc3ccccc3s2)CC1. The Balaban J connectivity index is 1.31. The van der Waals surface area contributed by atoms with Gasteiger partial charge in [-0.05, 0) is 49.2 Å². The minimum atomic E-state index is 0.0303. The molecule has 0 aliphatic carbocycles. The van der Waals surface area contributed by atoms with E-state index in [0.29, 0.717) is 16.7 Å². The Morgan fingerprint density at radius 3 is 2.62 bits per heavy atom. The van der Waals surface area contributed by atoms with Crippen LogP contribution in [0.1, 0.15) is 23.8 Å². The normalized spacial score (nSPS) is 15.3. The molecule has 1 amide bonds. The second-order valence-electron chi connectivity index (χ2n) is 6.42. The summed E-state index contributed by atoms with van der Waals surface area (Å²) in [5.41, 5.74) is 1.07. The molecule has 0 spiro atoms. The molecule has 1 aliphatic rings. The maximum Gasteiger partial charge on any atom is 0.260 e. The van der Waals surface area contributed by atoms with Gasteiger partial charge in [-0.1, -0.05) is 23.7 Å². The zero-order valence-corrected chi connectivity index (χ0v) is 15.8. The molecule has 1 aromatic heterocycles. The van der Waals surface area contributed by atoms with Crippen molar-refractivity contribution < 1.29 is 9.53 Å². The first-order valence-corrected chi connectivity index (χ1v) is 9.90. The van der Waals surface area contributed by atoms with Crippen molar-refractivity contribution in [1.82, 2.24) is 9.88 Å². The zero-order valence-electron chi connectivity index (χ0n) is 14.2. The molecule has 0 unspecified atom stereocenters. The van der Waals surface area contributed by atoms with Gasteiger partial charge in [0.25, 0.3) is 5.91 Å². The summed E-state index contributed by atoms with van der Waals surface area (Å²) >= 11 is 7.62. The van der Waals surface area contributed by atoms with Crippen molar-refractivity contribution in [3.05, 3.63) is 58.6 Å². The number of amides is 1. The summed E-state index contributed by atoms with van der Waals surface area (Å²) in [5.74, 6) is 1.13. The number of nitrogens with zero attached hydrogens (tertiary/aromatic N) is 2. The van der Waals surface area contributed by atoms with Crippen LogP contribution in [-0.4, -0.2) is 35.5 Å². The number of ether oxygens (including phenoxy) is 1. The van der Waals surface area contributed by atoms with Crippen LogP contribution in [0.5, 0.6) is 5.75 Å². The summed E-state index contributed by atoms with van der Waals surface area (Å²) < 4.78 is 6.80. The average Bonchev–Trinajstić information content (AvgIpc) is 3.12. The molecule has 1 aliphatic heterocycles. The first-order chi connectivity index (χ1) is 12.7. The second kappa shape index (κ2) is 7.64. The smallest absolute Gasteiger partial charge is 0.260 e. The minimum absolute atomic E-state index is 0.0303. The third-order valence-electron chi connectivity index (χ3n) is 4.68. The van der Waals surface area contributed by atoms with Crippen molar-refractivity contribution in [2.24, 2.45) is 0 Å². The van der Waals surface area contributed by atoms with Crippen LogP contribution in [0.4, 0.5) is 0 Å². The number of carbonyl (C=O) groups is 1. The number of benzene rings is 2. The highest BCUT2D eigenvalue weighted by Crippen LogP contribution is 2.33. The van der Waals surface area contributed by atoms with E-state index in [-0.39, 0.29) is 12.5 Å². The van der Waals surface area contributed by atoms with Crippen LogP contribution in [0.25, 0.3) is 10.2 Å². The summed E-state index contributed by atoms with van der Waals surface area (Å²) in [6, 6.07) is 15.3. The van der Waals surface area contributed by atoms with E-state index in [9.17, 15) is 4.79 Å². The first-order valence-electron chi connectivity index (χ1n) is 8.70. The van der Waals surface area contributed by atoms with Gasteiger partial charge >= 0.3 is 0 Å². The molecule has 0 radical (unpaired) electrons.